The summed E-state index contributed by atoms with van der Waals surface area (Å²) in [6.45, 7) is 4.76. The van der Waals surface area contributed by atoms with Gasteiger partial charge in [0.1, 0.15) is 0 Å². The highest BCUT2D eigenvalue weighted by Crippen LogP contribution is 2.06. The van der Waals surface area contributed by atoms with Crippen molar-refractivity contribution in [3.05, 3.63) is 35.9 Å². The van der Waals surface area contributed by atoms with Gasteiger partial charge in [-0.05, 0) is 18.4 Å². The molecule has 0 radical (unpaired) electrons. The van der Waals surface area contributed by atoms with Gasteiger partial charge in [-0.1, -0.05) is 30.3 Å². The lowest BCUT2D eigenvalue weighted by atomic mass is 10.1. The lowest BCUT2D eigenvalue weighted by Crippen LogP contribution is -2.43. The minimum absolute atomic E-state index is 0.272. The molecule has 3 heteroatoms. The molecular weight excluding hydrogens is 212 g/mol. The van der Waals surface area contributed by atoms with Crippen molar-refractivity contribution in [3.8, 4) is 0 Å². The zero-order valence-corrected chi connectivity index (χ0v) is 10.3. The molecule has 17 heavy (non-hydrogen) atoms. The van der Waals surface area contributed by atoms with Crippen LogP contribution in [0.4, 0.5) is 0 Å². The smallest absolute Gasteiger partial charge is 0.0594 e. The number of nitrogens with two attached hydrogens (primary N) is 1. The largest absolute Gasteiger partial charge is 0.379 e. The molecule has 1 heterocycles. The van der Waals surface area contributed by atoms with Crippen molar-refractivity contribution < 1.29 is 4.74 Å². The average Bonchev–Trinajstić information content (AvgIpc) is 2.39. The van der Waals surface area contributed by atoms with Crippen molar-refractivity contribution in [3.63, 3.8) is 0 Å². The van der Waals surface area contributed by atoms with Crippen molar-refractivity contribution in [1.82, 2.24) is 4.90 Å². The van der Waals surface area contributed by atoms with Crippen LogP contribution in [0.5, 0.6) is 0 Å². The van der Waals surface area contributed by atoms with Crippen LogP contribution in [-0.4, -0.2) is 43.8 Å². The Morgan fingerprint density at radius 3 is 2.59 bits per heavy atom. The molecule has 1 saturated heterocycles. The Morgan fingerprint density at radius 2 is 1.88 bits per heavy atom. The van der Waals surface area contributed by atoms with E-state index < -0.39 is 0 Å². The van der Waals surface area contributed by atoms with Crippen molar-refractivity contribution in [1.29, 1.82) is 0 Å². The minimum atomic E-state index is 0.272. The number of nitrogens with zero attached hydrogens (tertiary/aromatic N) is 1. The van der Waals surface area contributed by atoms with E-state index in [2.05, 4.69) is 35.2 Å². The Hall–Kier alpha value is -0.900. The molecule has 0 amide bonds. The van der Waals surface area contributed by atoms with Crippen LogP contribution in [0.3, 0.4) is 0 Å². The third kappa shape index (κ3) is 4.46. The number of morpholine rings is 1. The van der Waals surface area contributed by atoms with Gasteiger partial charge >= 0.3 is 0 Å². The maximum Gasteiger partial charge on any atom is 0.0594 e. The second-order valence-corrected chi connectivity index (χ2v) is 4.70. The van der Waals surface area contributed by atoms with Gasteiger partial charge < -0.3 is 10.5 Å². The topological polar surface area (TPSA) is 38.5 Å². The first kappa shape index (κ1) is 12.6. The number of rotatable bonds is 5. The summed E-state index contributed by atoms with van der Waals surface area (Å²) in [6, 6.07) is 10.8. The standard InChI is InChI=1S/C14H22N2O/c15-14(12-16-8-10-17-11-9-16)7-6-13-4-2-1-3-5-13/h1-5,14H,6-12,15H2/t14-/m1/s1. The van der Waals surface area contributed by atoms with E-state index in [1.165, 1.54) is 5.56 Å². The summed E-state index contributed by atoms with van der Waals surface area (Å²) in [5.41, 5.74) is 7.55. The summed E-state index contributed by atoms with van der Waals surface area (Å²) >= 11 is 0. The molecule has 0 saturated carbocycles. The second kappa shape index (κ2) is 6.74. The quantitative estimate of drug-likeness (QED) is 0.834. The second-order valence-electron chi connectivity index (χ2n) is 4.70. The SMILES string of the molecule is N[C@H](CCc1ccccc1)CN1CCOCC1. The van der Waals surface area contributed by atoms with E-state index in [4.69, 9.17) is 10.5 Å². The number of ether oxygens (including phenoxy) is 1. The fraction of sp³-hybridized carbons (Fsp3) is 0.571. The molecule has 1 aliphatic rings. The van der Waals surface area contributed by atoms with E-state index >= 15 is 0 Å². The minimum Gasteiger partial charge on any atom is -0.379 e. The van der Waals surface area contributed by atoms with Crippen LogP contribution < -0.4 is 5.73 Å². The van der Waals surface area contributed by atoms with E-state index in [-0.39, 0.29) is 6.04 Å². The van der Waals surface area contributed by atoms with E-state index in [0.29, 0.717) is 0 Å². The van der Waals surface area contributed by atoms with Crippen molar-refractivity contribution in [2.24, 2.45) is 5.73 Å². The van der Waals surface area contributed by atoms with E-state index in [1.807, 2.05) is 0 Å². The molecule has 0 aromatic heterocycles. The van der Waals surface area contributed by atoms with Crippen LogP contribution in [0.2, 0.25) is 0 Å². The van der Waals surface area contributed by atoms with Gasteiger partial charge in [-0.2, -0.15) is 0 Å². The van der Waals surface area contributed by atoms with E-state index in [1.54, 1.807) is 0 Å². The molecule has 0 spiro atoms. The third-order valence-corrected chi connectivity index (χ3v) is 3.24. The molecule has 0 bridgehead atoms. The molecule has 1 aliphatic heterocycles. The molecular formula is C14H22N2O. The molecule has 1 fully saturated rings. The van der Waals surface area contributed by atoms with Crippen molar-refractivity contribution in [2.45, 2.75) is 18.9 Å². The number of aryl methyl sites for hydroxylation is 1. The summed E-state index contributed by atoms with van der Waals surface area (Å²) in [5, 5.41) is 0. The first-order valence-electron chi connectivity index (χ1n) is 6.44. The Bertz CT molecular complexity index is 309. The molecule has 94 valence electrons. The normalized spacial score (nSPS) is 19.1. The van der Waals surface area contributed by atoms with Gasteiger partial charge in [-0.3, -0.25) is 4.90 Å². The van der Waals surface area contributed by atoms with Gasteiger partial charge in [-0.25, -0.2) is 0 Å². The third-order valence-electron chi connectivity index (χ3n) is 3.24. The fourth-order valence-electron chi connectivity index (χ4n) is 2.20. The zero-order chi connectivity index (χ0) is 11.9. The van der Waals surface area contributed by atoms with Gasteiger partial charge in [0.05, 0.1) is 13.2 Å². The maximum absolute atomic E-state index is 6.17. The summed E-state index contributed by atoms with van der Waals surface area (Å²) in [7, 11) is 0. The summed E-state index contributed by atoms with van der Waals surface area (Å²) in [4.78, 5) is 2.40. The summed E-state index contributed by atoms with van der Waals surface area (Å²) in [6.07, 6.45) is 2.13. The molecule has 2 N–H and O–H groups in total. The number of hydrogen-bond donors (Lipinski definition) is 1. The lowest BCUT2D eigenvalue weighted by Gasteiger charge is -2.29. The Labute approximate surface area is 104 Å². The molecule has 0 unspecified atom stereocenters. The fourth-order valence-corrected chi connectivity index (χ4v) is 2.20. The van der Waals surface area contributed by atoms with Crippen LogP contribution in [0.25, 0.3) is 0 Å². The summed E-state index contributed by atoms with van der Waals surface area (Å²) < 4.78 is 5.33. The highest BCUT2D eigenvalue weighted by atomic mass is 16.5. The van der Waals surface area contributed by atoms with E-state index in [9.17, 15) is 0 Å². The van der Waals surface area contributed by atoms with Gasteiger partial charge in [0.2, 0.25) is 0 Å². The van der Waals surface area contributed by atoms with Gasteiger partial charge in [0, 0.05) is 25.7 Å². The zero-order valence-electron chi connectivity index (χ0n) is 10.3. The molecule has 3 nitrogen and oxygen atoms in total. The number of hydrogen-bond acceptors (Lipinski definition) is 3. The van der Waals surface area contributed by atoms with Gasteiger partial charge in [0.15, 0.2) is 0 Å². The number of benzene rings is 1. The molecule has 2 rings (SSSR count). The van der Waals surface area contributed by atoms with Crippen LogP contribution in [0.15, 0.2) is 30.3 Å². The lowest BCUT2D eigenvalue weighted by molar-refractivity contribution is 0.0350. The first-order chi connectivity index (χ1) is 8.34. The highest BCUT2D eigenvalue weighted by molar-refractivity contribution is 5.14. The van der Waals surface area contributed by atoms with Crippen molar-refractivity contribution >= 4 is 0 Å². The predicted molar refractivity (Wildman–Crippen MR) is 70.0 cm³/mol. The molecule has 1 aromatic carbocycles. The Kier molecular flexibility index (Phi) is 4.98. The van der Waals surface area contributed by atoms with Crippen LogP contribution in [-0.2, 0) is 11.2 Å². The highest BCUT2D eigenvalue weighted by Gasteiger charge is 2.13. The van der Waals surface area contributed by atoms with E-state index in [0.717, 1.165) is 45.7 Å². The molecule has 1 aromatic rings. The monoisotopic (exact) mass is 234 g/mol. The van der Waals surface area contributed by atoms with Gasteiger partial charge in [0.25, 0.3) is 0 Å². The van der Waals surface area contributed by atoms with Gasteiger partial charge in [-0.15, -0.1) is 0 Å². The first-order valence-corrected chi connectivity index (χ1v) is 6.44. The van der Waals surface area contributed by atoms with Crippen LogP contribution >= 0.6 is 0 Å². The van der Waals surface area contributed by atoms with Crippen molar-refractivity contribution in [2.75, 3.05) is 32.8 Å². The maximum atomic E-state index is 6.17. The molecule has 0 aliphatic carbocycles. The van der Waals surface area contributed by atoms with Crippen LogP contribution in [0, 0.1) is 0 Å². The summed E-state index contributed by atoms with van der Waals surface area (Å²) in [5.74, 6) is 0. The Morgan fingerprint density at radius 1 is 1.18 bits per heavy atom. The van der Waals surface area contributed by atoms with Crippen LogP contribution in [0.1, 0.15) is 12.0 Å². The molecule has 1 atom stereocenters. The average molecular weight is 234 g/mol. The predicted octanol–water partition coefficient (Wildman–Crippen LogP) is 1.28. The Balaban J connectivity index is 1.68.